The Kier molecular flexibility index (Phi) is 12.5. The molecule has 0 unspecified atom stereocenters. The molecule has 4 heteroatoms. The number of rotatable bonds is 9. The molecule has 0 atom stereocenters. The molecule has 0 aliphatic heterocycles. The third-order valence-corrected chi connectivity index (χ3v) is 12.3. The molecule has 0 bridgehead atoms. The smallest absolute Gasteiger partial charge is 0.201 e. The lowest BCUT2D eigenvalue weighted by Crippen LogP contribution is -2.32. The molecule has 0 aliphatic rings. The number of aryl methyl sites for hydroxylation is 14. The maximum atomic E-state index is 8.42. The van der Waals surface area contributed by atoms with E-state index in [4.69, 9.17) is 28.8 Å². The fourth-order valence-corrected chi connectivity index (χ4v) is 8.79. The largest absolute Gasteiger partial charge is 0.212 e. The number of hydrogen-bond acceptors (Lipinski definition) is 0. The summed E-state index contributed by atoms with van der Waals surface area (Å²) in [4.78, 5) is 0. The molecule has 4 aromatic carbocycles. The maximum Gasteiger partial charge on any atom is 0.212 e. The van der Waals surface area contributed by atoms with Crippen LogP contribution in [0, 0.1) is 86.1 Å². The lowest BCUT2D eigenvalue weighted by atomic mass is 9.88. The van der Waals surface area contributed by atoms with Gasteiger partial charge in [0, 0.05) is 98.1 Å². The van der Waals surface area contributed by atoms with Gasteiger partial charge in [0.2, 0.25) is 22.8 Å². The van der Waals surface area contributed by atoms with Crippen molar-refractivity contribution in [3.63, 3.8) is 0 Å². The average molecular weight is 1020 g/mol. The van der Waals surface area contributed by atoms with Gasteiger partial charge in [-0.25, -0.2) is 18.3 Å². The molecule has 0 saturated heterocycles. The molecule has 0 aliphatic carbocycles. The van der Waals surface area contributed by atoms with E-state index >= 15 is 0 Å². The third kappa shape index (κ3) is 17.3. The summed E-state index contributed by atoms with van der Waals surface area (Å²) >= 11 is 0. The van der Waals surface area contributed by atoms with Gasteiger partial charge in [-0.15, -0.1) is 0 Å². The molecule has 4 heterocycles. The second-order valence-electron chi connectivity index (χ2n) is 21.2. The van der Waals surface area contributed by atoms with E-state index in [0.717, 1.165) is 67.3 Å². The van der Waals surface area contributed by atoms with Crippen molar-refractivity contribution in [3.8, 4) is 45.0 Å². The predicted molar refractivity (Wildman–Crippen MR) is 320 cm³/mol. The maximum absolute atomic E-state index is 8.42. The van der Waals surface area contributed by atoms with Gasteiger partial charge in [-0.05, 0) is 187 Å². The first kappa shape index (κ1) is 35.7. The molecule has 4 nitrogen and oxygen atoms in total. The van der Waals surface area contributed by atoms with Gasteiger partial charge in [-0.1, -0.05) is 108 Å². The van der Waals surface area contributed by atoms with Crippen LogP contribution in [0.4, 0.5) is 0 Å². The van der Waals surface area contributed by atoms with Crippen LogP contribution in [0.25, 0.3) is 45.0 Å². The molecule has 0 saturated carbocycles. The van der Waals surface area contributed by atoms with Crippen LogP contribution in [-0.4, -0.2) is 0 Å². The van der Waals surface area contributed by atoms with Gasteiger partial charge in [-0.2, -0.15) is 0 Å². The molecule has 0 spiro atoms. The monoisotopic (exact) mass is 1020 g/mol. The third-order valence-electron chi connectivity index (χ3n) is 12.3. The molecule has 0 radical (unpaired) electrons. The van der Waals surface area contributed by atoms with Crippen LogP contribution < -0.4 is 18.3 Å². The van der Waals surface area contributed by atoms with Crippen molar-refractivity contribution in [3.05, 3.63) is 212 Å². The zero-order valence-corrected chi connectivity index (χ0v) is 47.2. The van der Waals surface area contributed by atoms with E-state index in [0.29, 0.717) is 44.5 Å². The Hall–Kier alpha value is -6.52. The lowest BCUT2D eigenvalue weighted by Gasteiger charge is -2.17. The molecule has 4 aromatic heterocycles. The molecule has 8 rings (SSSR count). The molecular formula is C71H94N4+4. The summed E-state index contributed by atoms with van der Waals surface area (Å²) in [5, 5.41) is 0. The number of aromatic nitrogens is 4. The number of pyridine rings is 4. The number of nitrogens with zero attached hydrogens (tertiary/aromatic N) is 4. The Morgan fingerprint density at radius 1 is 0.387 bits per heavy atom. The molecule has 394 valence electrons. The highest BCUT2D eigenvalue weighted by Crippen LogP contribution is 2.27. The minimum absolute atomic E-state index is 0.122. The van der Waals surface area contributed by atoms with Crippen LogP contribution in [-0.2, 0) is 47.3 Å². The van der Waals surface area contributed by atoms with Crippen molar-refractivity contribution >= 4 is 0 Å². The van der Waals surface area contributed by atoms with E-state index in [1.165, 1.54) is 0 Å². The zero-order valence-electron chi connectivity index (χ0n) is 68.2. The van der Waals surface area contributed by atoms with Crippen LogP contribution in [0.15, 0.2) is 140 Å². The number of hydrogen-bond donors (Lipinski definition) is 0. The van der Waals surface area contributed by atoms with Gasteiger partial charge < -0.3 is 0 Å². The first-order valence-electron chi connectivity index (χ1n) is 36.0. The van der Waals surface area contributed by atoms with E-state index in [9.17, 15) is 0 Å². The van der Waals surface area contributed by atoms with E-state index in [2.05, 4.69) is 0 Å². The molecule has 8 aromatic rings. The van der Waals surface area contributed by atoms with E-state index < -0.39 is 58.8 Å². The van der Waals surface area contributed by atoms with E-state index in [1.54, 1.807) is 91.5 Å². The summed E-state index contributed by atoms with van der Waals surface area (Å²) in [7, 11) is 7.46. The van der Waals surface area contributed by atoms with Crippen LogP contribution in [0.3, 0.4) is 0 Å². The van der Waals surface area contributed by atoms with Gasteiger partial charge in [0.1, 0.15) is 28.2 Å². The van der Waals surface area contributed by atoms with Crippen molar-refractivity contribution < 1.29 is 47.1 Å². The standard InChI is InChI=1S/C19H26N.2C18H24N.C16H20N/c1-14-7-9-17(15(2)11-14)18-10-8-16(13-20(18)6)12-19(3,4)5;1-13(2)10-16-7-9-18(19(5)12-16)17-8-6-14(3)11-15(17)4;1-13(2)10-16-8-9-19(5)18(12-16)17-7-6-14(3)11-15(17)4;1-11-6-7-16(17(5)10-11)15-9-13(3)12(2)8-14(15)4/h7-11,13H,12H2,1-6H3;2*6-9,11-13H,10H2,1-5H3;6-10H,1-5H3/q4*+1/i1D3,12D2;2*3D3,10D2;1D3,2D3. The fourth-order valence-electron chi connectivity index (χ4n) is 8.79. The van der Waals surface area contributed by atoms with Crippen molar-refractivity contribution in [1.29, 1.82) is 0 Å². The summed E-state index contributed by atoms with van der Waals surface area (Å²) in [6.45, 7) is 11.8. The molecule has 75 heavy (non-hydrogen) atoms. The summed E-state index contributed by atoms with van der Waals surface area (Å²) in [6.07, 6.45) is 2.80. The number of benzene rings is 4. The summed E-state index contributed by atoms with van der Waals surface area (Å²) < 4.78 is 170. The van der Waals surface area contributed by atoms with Crippen molar-refractivity contribution in [2.24, 2.45) is 45.4 Å². The molecular weight excluding hydrogens is 909 g/mol. The molecule has 0 amide bonds. The van der Waals surface area contributed by atoms with Crippen LogP contribution in [0.5, 0.6) is 0 Å². The van der Waals surface area contributed by atoms with Gasteiger partial charge in [-0.3, -0.25) is 0 Å². The zero-order chi connectivity index (χ0) is 73.4. The Bertz CT molecular complexity index is 4070. The second kappa shape index (κ2) is 26.3. The Morgan fingerprint density at radius 2 is 0.813 bits per heavy atom. The first-order chi connectivity index (χ1) is 43.5. The minimum atomic E-state index is -2.15. The Labute approximate surface area is 485 Å². The Morgan fingerprint density at radius 3 is 1.27 bits per heavy atom. The fraction of sp³-hybridized carbons (Fsp3) is 0.380. The second-order valence-corrected chi connectivity index (χ2v) is 21.2. The molecule has 0 fully saturated rings. The SMILES string of the molecule is [2H]C([2H])([2H])c1ccc(-c2cc(C([2H])([2H])C(C)C)cc[n+]2C)c(C)c1.[2H]C([2H])([2H])c1ccc(-c2cc(C)c(C([2H])([2H])[2H])cc2C)[n+](C)c1.[2H]C([2H])([2H])c1ccc(-c2ccc(C([2H])([2H])C(C)(C)C)c[n+]2C)c(C)c1.[2H]C([2H])([2H])c1ccc(-c2ccc(C([2H])([2H])C(C)C)c[n+]2C)c(C)c1. The van der Waals surface area contributed by atoms with Crippen LogP contribution >= 0.6 is 0 Å². The van der Waals surface area contributed by atoms with E-state index in [1.807, 2.05) is 178 Å². The van der Waals surface area contributed by atoms with Crippen molar-refractivity contribution in [2.45, 2.75) is 136 Å². The average Bonchev–Trinajstić information content (AvgIpc) is 0.802. The summed E-state index contributed by atoms with van der Waals surface area (Å²) in [6, 6.07) is 33.4. The van der Waals surface area contributed by atoms with Crippen LogP contribution in [0.2, 0.25) is 0 Å². The first-order valence-corrected chi connectivity index (χ1v) is 25.5. The normalized spacial score (nSPS) is 16.7. The van der Waals surface area contributed by atoms with Gasteiger partial charge >= 0.3 is 0 Å². The van der Waals surface area contributed by atoms with Crippen LogP contribution in [0.1, 0.15) is 150 Å². The quantitative estimate of drug-likeness (QED) is 0.128. The highest BCUT2D eigenvalue weighted by Gasteiger charge is 2.19. The van der Waals surface area contributed by atoms with Gasteiger partial charge in [0.25, 0.3) is 0 Å². The summed E-state index contributed by atoms with van der Waals surface area (Å²) in [5.41, 5.74) is 14.4. The lowest BCUT2D eigenvalue weighted by molar-refractivity contribution is -0.661. The predicted octanol–water partition coefficient (Wildman–Crippen LogP) is 15.8. The topological polar surface area (TPSA) is 15.5 Å². The Balaban J connectivity index is 0.000000232. The summed E-state index contributed by atoms with van der Waals surface area (Å²) in [5.74, 6) is -0.263. The van der Waals surface area contributed by atoms with Crippen molar-refractivity contribution in [1.82, 2.24) is 0 Å². The highest BCUT2D eigenvalue weighted by molar-refractivity contribution is 5.65. The van der Waals surface area contributed by atoms with Gasteiger partial charge in [0.15, 0.2) is 24.8 Å². The molecule has 0 N–H and O–H groups in total. The highest BCUT2D eigenvalue weighted by atomic mass is 14.9. The van der Waals surface area contributed by atoms with Gasteiger partial charge in [0.05, 0.1) is 0 Å². The van der Waals surface area contributed by atoms with Crippen molar-refractivity contribution in [2.75, 3.05) is 0 Å². The minimum Gasteiger partial charge on any atom is -0.201 e. The van der Waals surface area contributed by atoms with E-state index in [-0.39, 0.29) is 17.4 Å².